The van der Waals surface area contributed by atoms with Crippen LogP contribution in [0.5, 0.6) is 0 Å². The first-order valence-corrected chi connectivity index (χ1v) is 6.38. The van der Waals surface area contributed by atoms with Gasteiger partial charge in [0.2, 0.25) is 9.84 Å². The van der Waals surface area contributed by atoms with Crippen molar-refractivity contribution in [3.05, 3.63) is 17.5 Å². The molecular weight excluding hydrogens is 224 g/mol. The molecule has 0 aliphatic heterocycles. The lowest BCUT2D eigenvalue weighted by Gasteiger charge is -2.08. The van der Waals surface area contributed by atoms with Gasteiger partial charge in [-0.05, 0) is 24.3 Å². The highest BCUT2D eigenvalue weighted by Crippen LogP contribution is 2.47. The first-order valence-electron chi connectivity index (χ1n) is 4.02. The zero-order valence-corrected chi connectivity index (χ0v) is 8.77. The van der Waals surface area contributed by atoms with Gasteiger partial charge in [0, 0.05) is 0 Å². The van der Waals surface area contributed by atoms with Gasteiger partial charge in [0.25, 0.3) is 0 Å². The van der Waals surface area contributed by atoms with Gasteiger partial charge < -0.3 is 5.11 Å². The van der Waals surface area contributed by atoms with E-state index < -0.39 is 20.6 Å². The second kappa shape index (κ2) is 2.80. The predicted octanol–water partition coefficient (Wildman–Crippen LogP) is 1.14. The average Bonchev–Trinajstić information content (AvgIpc) is 2.75. The molecule has 0 radical (unpaired) electrons. The van der Waals surface area contributed by atoms with Crippen molar-refractivity contribution in [1.29, 1.82) is 0 Å². The van der Waals surface area contributed by atoms with E-state index >= 15 is 0 Å². The van der Waals surface area contributed by atoms with Crippen molar-refractivity contribution in [2.75, 3.05) is 0 Å². The molecule has 2 rings (SSSR count). The van der Waals surface area contributed by atoms with E-state index in [1.165, 1.54) is 6.07 Å². The lowest BCUT2D eigenvalue weighted by Crippen LogP contribution is -2.31. The van der Waals surface area contributed by atoms with Gasteiger partial charge in [0.1, 0.15) is 4.21 Å². The first-order chi connectivity index (χ1) is 6.51. The van der Waals surface area contributed by atoms with Crippen LogP contribution in [0.15, 0.2) is 21.7 Å². The third kappa shape index (κ3) is 1.10. The smallest absolute Gasteiger partial charge is 0.325 e. The summed E-state index contributed by atoms with van der Waals surface area (Å²) in [5, 5.41) is 10.5. The highest BCUT2D eigenvalue weighted by Gasteiger charge is 2.62. The minimum absolute atomic E-state index is 0.150. The molecule has 1 fully saturated rings. The van der Waals surface area contributed by atoms with Crippen LogP contribution in [0.25, 0.3) is 0 Å². The molecule has 0 bridgehead atoms. The van der Waals surface area contributed by atoms with E-state index in [1.54, 1.807) is 11.4 Å². The normalized spacial score (nSPS) is 19.1. The Kier molecular flexibility index (Phi) is 1.94. The average molecular weight is 232 g/mol. The number of aliphatic carboxylic acids is 1. The molecule has 0 aromatic carbocycles. The highest BCUT2D eigenvalue weighted by atomic mass is 32.2. The lowest BCUT2D eigenvalue weighted by molar-refractivity contribution is -0.137. The molecule has 0 amide bonds. The van der Waals surface area contributed by atoms with Gasteiger partial charge >= 0.3 is 5.97 Å². The van der Waals surface area contributed by atoms with E-state index in [4.69, 9.17) is 5.11 Å². The highest BCUT2D eigenvalue weighted by molar-refractivity contribution is 7.95. The Morgan fingerprint density at radius 2 is 2.14 bits per heavy atom. The minimum atomic E-state index is -3.66. The van der Waals surface area contributed by atoms with Crippen LogP contribution < -0.4 is 0 Å². The van der Waals surface area contributed by atoms with Gasteiger partial charge in [-0.2, -0.15) is 0 Å². The molecule has 0 spiro atoms. The maximum Gasteiger partial charge on any atom is 0.325 e. The standard InChI is InChI=1S/C8H8O4S2/c9-7(10)8(3-4-8)14(11,12)6-2-1-5-13-6/h1-2,5H,3-4H2,(H,9,10). The number of carboxylic acids is 1. The number of hydrogen-bond acceptors (Lipinski definition) is 4. The molecular formula is C8H8O4S2. The Labute approximate surface area is 85.1 Å². The van der Waals surface area contributed by atoms with Gasteiger partial charge in [0.05, 0.1) is 0 Å². The monoisotopic (exact) mass is 232 g/mol. The van der Waals surface area contributed by atoms with Crippen LogP contribution in [-0.4, -0.2) is 24.2 Å². The Hall–Kier alpha value is -0.880. The fraction of sp³-hybridized carbons (Fsp3) is 0.375. The molecule has 1 N–H and O–H groups in total. The summed E-state index contributed by atoms with van der Waals surface area (Å²) in [6.45, 7) is 0. The summed E-state index contributed by atoms with van der Waals surface area (Å²) < 4.78 is 22.3. The topological polar surface area (TPSA) is 71.4 Å². The zero-order valence-electron chi connectivity index (χ0n) is 7.13. The van der Waals surface area contributed by atoms with Crippen molar-refractivity contribution >= 4 is 27.1 Å². The van der Waals surface area contributed by atoms with Crippen LogP contribution in [0.1, 0.15) is 12.8 Å². The number of carboxylic acid groups (broad SMARTS) is 1. The third-order valence-corrected chi connectivity index (χ3v) is 6.25. The summed E-state index contributed by atoms with van der Waals surface area (Å²) in [6.07, 6.45) is 0.450. The molecule has 4 nitrogen and oxygen atoms in total. The number of sulfone groups is 1. The van der Waals surface area contributed by atoms with Crippen LogP contribution in [0, 0.1) is 0 Å². The van der Waals surface area contributed by atoms with E-state index in [2.05, 4.69) is 0 Å². The second-order valence-corrected chi connectivity index (χ2v) is 6.67. The van der Waals surface area contributed by atoms with Crippen molar-refractivity contribution in [3.8, 4) is 0 Å². The minimum Gasteiger partial charge on any atom is -0.480 e. The predicted molar refractivity (Wildman–Crippen MR) is 51.1 cm³/mol. The molecule has 0 saturated heterocycles. The summed E-state index contributed by atoms with van der Waals surface area (Å²) in [5.41, 5.74) is 0. The van der Waals surface area contributed by atoms with Gasteiger partial charge in [0.15, 0.2) is 4.75 Å². The van der Waals surface area contributed by atoms with Crippen LogP contribution in [0.4, 0.5) is 0 Å². The zero-order chi connectivity index (χ0) is 10.4. The summed E-state index contributed by atoms with van der Waals surface area (Å²) in [4.78, 5) is 10.9. The molecule has 0 atom stereocenters. The van der Waals surface area contributed by atoms with Gasteiger partial charge in [-0.15, -0.1) is 11.3 Å². The maximum absolute atomic E-state index is 11.8. The van der Waals surface area contributed by atoms with Gasteiger partial charge in [-0.1, -0.05) is 6.07 Å². The van der Waals surface area contributed by atoms with Crippen LogP contribution in [0.2, 0.25) is 0 Å². The third-order valence-electron chi connectivity index (χ3n) is 2.37. The molecule has 6 heteroatoms. The molecule has 1 saturated carbocycles. The summed E-state index contributed by atoms with van der Waals surface area (Å²) in [5.74, 6) is -1.23. The molecule has 1 aliphatic carbocycles. The van der Waals surface area contributed by atoms with E-state index in [1.807, 2.05) is 0 Å². The quantitative estimate of drug-likeness (QED) is 0.848. The van der Waals surface area contributed by atoms with Crippen LogP contribution in [-0.2, 0) is 14.6 Å². The van der Waals surface area contributed by atoms with E-state index in [-0.39, 0.29) is 17.1 Å². The van der Waals surface area contributed by atoms with Crippen molar-refractivity contribution < 1.29 is 18.3 Å². The fourth-order valence-corrected chi connectivity index (χ4v) is 4.43. The number of carbonyl (C=O) groups is 1. The van der Waals surface area contributed by atoms with E-state index in [9.17, 15) is 13.2 Å². The van der Waals surface area contributed by atoms with Crippen molar-refractivity contribution in [1.82, 2.24) is 0 Å². The Bertz CT molecular complexity index is 454. The number of hydrogen-bond donors (Lipinski definition) is 1. The molecule has 14 heavy (non-hydrogen) atoms. The summed E-state index contributed by atoms with van der Waals surface area (Å²) >= 11 is 1.06. The largest absolute Gasteiger partial charge is 0.480 e. The summed E-state index contributed by atoms with van der Waals surface area (Å²) in [6, 6.07) is 3.05. The second-order valence-electron chi connectivity index (χ2n) is 3.23. The van der Waals surface area contributed by atoms with E-state index in [0.717, 1.165) is 11.3 Å². The van der Waals surface area contributed by atoms with Crippen LogP contribution >= 0.6 is 11.3 Å². The lowest BCUT2D eigenvalue weighted by atomic mass is 10.4. The Balaban J connectivity index is 2.50. The molecule has 1 heterocycles. The number of rotatable bonds is 3. The molecule has 1 aromatic rings. The van der Waals surface area contributed by atoms with Crippen LogP contribution in [0.3, 0.4) is 0 Å². The van der Waals surface area contributed by atoms with Gasteiger partial charge in [-0.25, -0.2) is 8.42 Å². The van der Waals surface area contributed by atoms with Gasteiger partial charge in [-0.3, -0.25) is 4.79 Å². The van der Waals surface area contributed by atoms with E-state index in [0.29, 0.717) is 0 Å². The fourth-order valence-electron chi connectivity index (χ4n) is 1.32. The molecule has 0 unspecified atom stereocenters. The Morgan fingerprint density at radius 3 is 2.50 bits per heavy atom. The molecule has 1 aliphatic rings. The van der Waals surface area contributed by atoms with Crippen molar-refractivity contribution in [2.24, 2.45) is 0 Å². The maximum atomic E-state index is 11.8. The SMILES string of the molecule is O=C(O)C1(S(=O)(=O)c2cccs2)CC1. The Morgan fingerprint density at radius 1 is 1.50 bits per heavy atom. The molecule has 1 aromatic heterocycles. The summed E-state index contributed by atoms with van der Waals surface area (Å²) in [7, 11) is -3.66. The van der Waals surface area contributed by atoms with Crippen molar-refractivity contribution in [2.45, 2.75) is 21.8 Å². The first kappa shape index (κ1) is 9.67. The molecule has 76 valence electrons. The van der Waals surface area contributed by atoms with Crippen molar-refractivity contribution in [3.63, 3.8) is 0 Å². The number of thiophene rings is 1.